The average molecular weight is 615 g/mol. The molecule has 1 atom stereocenters. The normalized spacial score (nSPS) is 19.8. The summed E-state index contributed by atoms with van der Waals surface area (Å²) in [7, 11) is 0. The van der Waals surface area contributed by atoms with Crippen LogP contribution in [0.3, 0.4) is 0 Å². The number of hydrogen-bond acceptors (Lipinski definition) is 1. The van der Waals surface area contributed by atoms with E-state index in [2.05, 4.69) is 163 Å². The lowest BCUT2D eigenvalue weighted by Gasteiger charge is -2.29. The Bertz CT molecular complexity index is 2180. The van der Waals surface area contributed by atoms with Crippen molar-refractivity contribution < 1.29 is 0 Å². The monoisotopic (exact) mass is 614 g/mol. The van der Waals surface area contributed by atoms with Gasteiger partial charge in [0.1, 0.15) is 5.82 Å². The molecule has 2 heterocycles. The molecule has 0 fully saturated rings. The van der Waals surface area contributed by atoms with Gasteiger partial charge >= 0.3 is 0 Å². The molecule has 1 unspecified atom stereocenters. The molecule has 47 heavy (non-hydrogen) atoms. The minimum atomic E-state index is -0.198. The zero-order valence-corrected chi connectivity index (χ0v) is 29.0. The van der Waals surface area contributed by atoms with Crippen LogP contribution in [0.25, 0.3) is 44.3 Å². The van der Waals surface area contributed by atoms with Gasteiger partial charge in [-0.25, -0.2) is 4.98 Å². The number of pyridine rings is 1. The van der Waals surface area contributed by atoms with Crippen molar-refractivity contribution in [2.75, 3.05) is 0 Å². The van der Waals surface area contributed by atoms with Crippen LogP contribution in [0.15, 0.2) is 121 Å². The van der Waals surface area contributed by atoms with Crippen molar-refractivity contribution in [2.24, 2.45) is 0 Å². The van der Waals surface area contributed by atoms with Gasteiger partial charge in [0, 0.05) is 27.3 Å². The van der Waals surface area contributed by atoms with E-state index in [0.29, 0.717) is 5.92 Å². The number of aryl methyl sites for hydroxylation is 1. The highest BCUT2D eigenvalue weighted by atomic mass is 15.1. The van der Waals surface area contributed by atoms with Crippen LogP contribution in [0, 0.1) is 0 Å². The van der Waals surface area contributed by atoms with Crippen molar-refractivity contribution in [3.8, 4) is 17.1 Å². The first-order chi connectivity index (χ1) is 22.6. The molecule has 0 radical (unpaired) electrons. The lowest BCUT2D eigenvalue weighted by Crippen LogP contribution is -2.20. The van der Waals surface area contributed by atoms with Gasteiger partial charge in [-0.05, 0) is 76.5 Å². The largest absolute Gasteiger partial charge is 0.294 e. The van der Waals surface area contributed by atoms with Gasteiger partial charge in [-0.3, -0.25) is 4.57 Å². The fraction of sp³-hybridized carbons (Fsp3) is 0.267. The molecule has 0 amide bonds. The predicted octanol–water partition coefficient (Wildman–Crippen LogP) is 12.1. The third-order valence-electron chi connectivity index (χ3n) is 10.7. The molecule has 2 heteroatoms. The van der Waals surface area contributed by atoms with Gasteiger partial charge in [0.2, 0.25) is 0 Å². The van der Waals surface area contributed by atoms with Crippen LogP contribution in [-0.4, -0.2) is 9.55 Å². The van der Waals surface area contributed by atoms with E-state index in [4.69, 9.17) is 4.98 Å². The van der Waals surface area contributed by atoms with E-state index in [1.165, 1.54) is 60.8 Å². The fourth-order valence-electron chi connectivity index (χ4n) is 8.29. The van der Waals surface area contributed by atoms with Gasteiger partial charge < -0.3 is 0 Å². The molecule has 2 aliphatic carbocycles. The molecule has 5 aromatic rings. The van der Waals surface area contributed by atoms with E-state index >= 15 is 0 Å². The second-order valence-corrected chi connectivity index (χ2v) is 14.5. The number of benzene rings is 3. The highest BCUT2D eigenvalue weighted by Gasteiger charge is 2.41. The minimum Gasteiger partial charge on any atom is -0.294 e. The summed E-state index contributed by atoms with van der Waals surface area (Å²) in [5.41, 5.74) is 12.6. The van der Waals surface area contributed by atoms with E-state index in [1.807, 2.05) is 6.08 Å². The van der Waals surface area contributed by atoms with Crippen molar-refractivity contribution in [3.63, 3.8) is 0 Å². The number of fused-ring (bicyclic) bond motifs is 5. The van der Waals surface area contributed by atoms with E-state index in [0.717, 1.165) is 29.9 Å². The SMILES string of the molecule is C=C/C=C\C1=C(C)c2c(c3cc4c(cc3n2-c2nc(-c3ccccc3)c3ccccc3c2CC)C(C)(C)C/C=C\C=C/C4C)C1(C)C. The fourth-order valence-corrected chi connectivity index (χ4v) is 8.29. The number of hydrogen-bond donors (Lipinski definition) is 0. The second kappa shape index (κ2) is 11.5. The van der Waals surface area contributed by atoms with Gasteiger partial charge in [0.25, 0.3) is 0 Å². The molecule has 0 aliphatic heterocycles. The zero-order valence-electron chi connectivity index (χ0n) is 29.0. The molecular weight excluding hydrogens is 569 g/mol. The maximum absolute atomic E-state index is 5.68. The summed E-state index contributed by atoms with van der Waals surface area (Å²) in [5, 5.41) is 3.79. The summed E-state index contributed by atoms with van der Waals surface area (Å²) in [6.07, 6.45) is 17.2. The quantitative estimate of drug-likeness (QED) is 0.180. The van der Waals surface area contributed by atoms with Gasteiger partial charge in [-0.1, -0.05) is 145 Å². The Kier molecular flexibility index (Phi) is 7.59. The molecule has 0 saturated heterocycles. The lowest BCUT2D eigenvalue weighted by atomic mass is 9.75. The number of nitrogens with zero attached hydrogens (tertiary/aromatic N) is 2. The summed E-state index contributed by atoms with van der Waals surface area (Å²) < 4.78 is 2.54. The topological polar surface area (TPSA) is 17.8 Å². The first kappa shape index (κ1) is 30.9. The van der Waals surface area contributed by atoms with Crippen LogP contribution in [0.2, 0.25) is 0 Å². The first-order valence-electron chi connectivity index (χ1n) is 17.1. The Morgan fingerprint density at radius 1 is 0.936 bits per heavy atom. The molecule has 2 nitrogen and oxygen atoms in total. The molecule has 0 spiro atoms. The van der Waals surface area contributed by atoms with Gasteiger partial charge in [0.15, 0.2) is 0 Å². The second-order valence-electron chi connectivity index (χ2n) is 14.5. The summed E-state index contributed by atoms with van der Waals surface area (Å²) >= 11 is 0. The van der Waals surface area contributed by atoms with Crippen molar-refractivity contribution in [1.29, 1.82) is 0 Å². The molecule has 2 aliphatic rings. The van der Waals surface area contributed by atoms with Crippen LogP contribution in [-0.2, 0) is 17.3 Å². The smallest absolute Gasteiger partial charge is 0.142 e. The number of rotatable bonds is 5. The number of allylic oxidation sites excluding steroid dienone is 9. The summed E-state index contributed by atoms with van der Waals surface area (Å²) in [5.74, 6) is 1.33. The molecule has 236 valence electrons. The maximum Gasteiger partial charge on any atom is 0.142 e. The van der Waals surface area contributed by atoms with Crippen molar-refractivity contribution in [2.45, 2.75) is 78.1 Å². The minimum absolute atomic E-state index is 0.0301. The summed E-state index contributed by atoms with van der Waals surface area (Å²) in [6.45, 7) is 20.5. The molecule has 0 N–H and O–H groups in total. The molecule has 2 aromatic heterocycles. The van der Waals surface area contributed by atoms with Crippen molar-refractivity contribution in [1.82, 2.24) is 9.55 Å². The molecule has 7 rings (SSSR count). The molecule has 0 bridgehead atoms. The first-order valence-corrected chi connectivity index (χ1v) is 17.1. The Morgan fingerprint density at radius 3 is 2.38 bits per heavy atom. The highest BCUT2D eigenvalue weighted by Crippen LogP contribution is 2.53. The molecule has 3 aromatic carbocycles. The predicted molar refractivity (Wildman–Crippen MR) is 203 cm³/mol. The van der Waals surface area contributed by atoms with Crippen LogP contribution in [0.5, 0.6) is 0 Å². The Labute approximate surface area is 280 Å². The van der Waals surface area contributed by atoms with Gasteiger partial charge in [-0.15, -0.1) is 0 Å². The molecular formula is C45H46N2. The van der Waals surface area contributed by atoms with Gasteiger partial charge in [0.05, 0.1) is 16.9 Å². The Balaban J connectivity index is 1.68. The maximum atomic E-state index is 5.68. The van der Waals surface area contributed by atoms with E-state index in [-0.39, 0.29) is 10.8 Å². The van der Waals surface area contributed by atoms with E-state index < -0.39 is 0 Å². The van der Waals surface area contributed by atoms with E-state index in [9.17, 15) is 0 Å². The standard InChI is InChI=1S/C45H46N2/c1-9-11-25-37-30(4)42-40(45(37,7)8)36-27-35-29(3)20-14-13-19-26-44(5,6)38(35)28-39(36)47(42)43-32(10-2)33-23-17-18-24-34(33)41(46-43)31-21-15-12-16-22-31/h9,11-25,27-29H,1,10,26H2,2-8H3/b19-13-,20-14-,25-11-. The number of aromatic nitrogens is 2. The van der Waals surface area contributed by atoms with E-state index in [1.54, 1.807) is 0 Å². The Morgan fingerprint density at radius 2 is 1.66 bits per heavy atom. The van der Waals surface area contributed by atoms with Crippen LogP contribution in [0.1, 0.15) is 88.8 Å². The van der Waals surface area contributed by atoms with Crippen LogP contribution in [0.4, 0.5) is 0 Å². The van der Waals surface area contributed by atoms with Crippen LogP contribution >= 0.6 is 0 Å². The average Bonchev–Trinajstić information content (AvgIpc) is 3.52. The van der Waals surface area contributed by atoms with Crippen molar-refractivity contribution in [3.05, 3.63) is 149 Å². The Hall–Kier alpha value is -4.69. The third-order valence-corrected chi connectivity index (χ3v) is 10.7. The van der Waals surface area contributed by atoms with Crippen LogP contribution < -0.4 is 0 Å². The van der Waals surface area contributed by atoms with Gasteiger partial charge in [-0.2, -0.15) is 0 Å². The zero-order chi connectivity index (χ0) is 33.1. The van der Waals surface area contributed by atoms with Crippen molar-refractivity contribution >= 4 is 27.2 Å². The highest BCUT2D eigenvalue weighted by molar-refractivity contribution is 6.02. The third kappa shape index (κ3) is 4.80. The molecule has 0 saturated carbocycles. The lowest BCUT2D eigenvalue weighted by molar-refractivity contribution is 0.528. The summed E-state index contributed by atoms with van der Waals surface area (Å²) in [6, 6.07) is 24.5. The summed E-state index contributed by atoms with van der Waals surface area (Å²) in [4.78, 5) is 5.68.